The highest BCUT2D eigenvalue weighted by Crippen LogP contribution is 2.39. The lowest BCUT2D eigenvalue weighted by Gasteiger charge is -2.42. The molecule has 4 amide bonds. The molecule has 4 N–H and O–H groups in total. The minimum atomic E-state index is -4.72. The summed E-state index contributed by atoms with van der Waals surface area (Å²) in [7, 11) is 0. The number of anilines is 2. The van der Waals surface area contributed by atoms with E-state index >= 15 is 0 Å². The highest BCUT2D eigenvalue weighted by Gasteiger charge is 2.38. The van der Waals surface area contributed by atoms with Crippen LogP contribution in [0.4, 0.5) is 28.7 Å². The molecule has 0 unspecified atom stereocenters. The number of piperazine rings is 1. The number of rotatable bonds is 7. The maximum atomic E-state index is 14.0. The van der Waals surface area contributed by atoms with Gasteiger partial charge in [0.05, 0.1) is 28.7 Å². The molecule has 2 aromatic rings. The second-order valence-electron chi connectivity index (χ2n) is 12.9. The Kier molecular flexibility index (Phi) is 10.2. The molecule has 4 aliphatic rings. The summed E-state index contributed by atoms with van der Waals surface area (Å²) in [6.07, 6.45) is -1.63. The number of nitrogens with two attached hydrogens (primary N) is 1. The topological polar surface area (TPSA) is 114 Å². The monoisotopic (exact) mass is 695 g/mol. The molecular weight excluding hydrogens is 655 g/mol. The van der Waals surface area contributed by atoms with Gasteiger partial charge in [-0.05, 0) is 74.3 Å². The van der Waals surface area contributed by atoms with Crippen LogP contribution in [0.25, 0.3) is 0 Å². The Bertz CT molecular complexity index is 1470. The Morgan fingerprint density at radius 2 is 1.70 bits per heavy atom. The number of hydrogen-bond acceptors (Lipinski definition) is 7. The fourth-order valence-corrected chi connectivity index (χ4v) is 8.39. The molecule has 4 aliphatic heterocycles. The van der Waals surface area contributed by atoms with Gasteiger partial charge in [0.2, 0.25) is 11.8 Å². The molecule has 256 valence electrons. The maximum Gasteiger partial charge on any atom is 0.418 e. The second-order valence-corrected chi connectivity index (χ2v) is 14.3. The van der Waals surface area contributed by atoms with Gasteiger partial charge in [0, 0.05) is 63.3 Å². The molecule has 10 nitrogen and oxygen atoms in total. The largest absolute Gasteiger partial charge is 0.418 e. The van der Waals surface area contributed by atoms with Gasteiger partial charge in [-0.2, -0.15) is 13.2 Å². The first kappa shape index (κ1) is 33.8. The first-order valence-corrected chi connectivity index (χ1v) is 17.5. The Labute approximate surface area is 281 Å². The van der Waals surface area contributed by atoms with Crippen molar-refractivity contribution in [2.24, 2.45) is 5.92 Å². The molecule has 15 heteroatoms. The van der Waals surface area contributed by atoms with Crippen molar-refractivity contribution in [1.29, 1.82) is 0 Å². The summed E-state index contributed by atoms with van der Waals surface area (Å²) >= 11 is 7.62. The molecule has 0 bridgehead atoms. The molecule has 0 aliphatic carbocycles. The molecular formula is C32H41ClF3N7O3S. The van der Waals surface area contributed by atoms with Crippen molar-refractivity contribution in [1.82, 2.24) is 24.9 Å². The molecule has 47 heavy (non-hydrogen) atoms. The minimum Gasteiger partial charge on any atom is -0.397 e. The highest BCUT2D eigenvalue weighted by atomic mass is 35.5. The SMILES string of the molecule is Nc1c(Cl)cc(C[C@@H](CC(=O)N2CCC(N3Cc4ccsc4NC3=O)CC2)C(=O)N2CCN(C3CCNCC3)CC2)cc1C(F)(F)F. The van der Waals surface area contributed by atoms with Crippen LogP contribution in [0.2, 0.25) is 5.02 Å². The number of carbonyl (C=O) groups is 3. The van der Waals surface area contributed by atoms with Gasteiger partial charge in [0.25, 0.3) is 0 Å². The number of alkyl halides is 3. The van der Waals surface area contributed by atoms with Crippen LogP contribution in [0.5, 0.6) is 0 Å². The van der Waals surface area contributed by atoms with Gasteiger partial charge in [-0.25, -0.2) is 4.79 Å². The molecule has 3 saturated heterocycles. The van der Waals surface area contributed by atoms with Gasteiger partial charge in [0.1, 0.15) is 5.00 Å². The van der Waals surface area contributed by atoms with Crippen LogP contribution in [0.1, 0.15) is 48.8 Å². The number of likely N-dealkylation sites (tertiary alicyclic amines) is 1. The Hall–Kier alpha value is -3.07. The van der Waals surface area contributed by atoms with Crippen molar-refractivity contribution in [3.8, 4) is 0 Å². The fraction of sp³-hybridized carbons (Fsp3) is 0.594. The third-order valence-electron chi connectivity index (χ3n) is 10.0. The average molecular weight is 696 g/mol. The third-order valence-corrected chi connectivity index (χ3v) is 11.2. The summed E-state index contributed by atoms with van der Waals surface area (Å²) in [6, 6.07) is 4.60. The zero-order valence-electron chi connectivity index (χ0n) is 26.2. The van der Waals surface area contributed by atoms with Crippen LogP contribution >= 0.6 is 22.9 Å². The minimum absolute atomic E-state index is 0.0292. The van der Waals surface area contributed by atoms with E-state index in [0.717, 1.165) is 42.6 Å². The lowest BCUT2D eigenvalue weighted by atomic mass is 9.91. The number of fused-ring (bicyclic) bond motifs is 1. The predicted octanol–water partition coefficient (Wildman–Crippen LogP) is 4.49. The van der Waals surface area contributed by atoms with Gasteiger partial charge in [-0.15, -0.1) is 11.3 Å². The molecule has 0 spiro atoms. The zero-order valence-corrected chi connectivity index (χ0v) is 27.7. The number of nitrogens with zero attached hydrogens (tertiary/aromatic N) is 4. The van der Waals surface area contributed by atoms with E-state index in [-0.39, 0.29) is 47.3 Å². The second kappa shape index (κ2) is 14.2. The fourth-order valence-electron chi connectivity index (χ4n) is 7.35. The van der Waals surface area contributed by atoms with Crippen molar-refractivity contribution < 1.29 is 27.6 Å². The smallest absolute Gasteiger partial charge is 0.397 e. The standard InChI is InChI=1S/C32H41ClF3N7O3S/c33-26-17-20(16-25(28(26)37)32(34,35)36)15-22(30(45)42-12-10-40(11-13-42)23-1-6-38-7-2-23)18-27(44)41-8-3-24(4-9-41)43-19-21-5-14-47-29(21)39-31(43)46/h5,14,16-17,22-24,38H,1-4,6-13,15,18-19,37H2,(H,39,46)/t22-/m0/s1. The van der Waals surface area contributed by atoms with Gasteiger partial charge in [-0.1, -0.05) is 11.6 Å². The van der Waals surface area contributed by atoms with E-state index in [0.29, 0.717) is 64.7 Å². The molecule has 0 saturated carbocycles. The summed E-state index contributed by atoms with van der Waals surface area (Å²) in [5.74, 6) is -1.33. The summed E-state index contributed by atoms with van der Waals surface area (Å²) in [4.78, 5) is 48.1. The molecule has 1 aromatic heterocycles. The summed E-state index contributed by atoms with van der Waals surface area (Å²) < 4.78 is 41.3. The van der Waals surface area contributed by atoms with E-state index in [1.54, 1.807) is 9.80 Å². The van der Waals surface area contributed by atoms with Crippen LogP contribution in [-0.4, -0.2) is 102 Å². The summed E-state index contributed by atoms with van der Waals surface area (Å²) in [5, 5.41) is 8.90. The van der Waals surface area contributed by atoms with E-state index in [2.05, 4.69) is 15.5 Å². The summed E-state index contributed by atoms with van der Waals surface area (Å²) in [5.41, 5.74) is 5.34. The Morgan fingerprint density at radius 1 is 1.00 bits per heavy atom. The number of nitrogen functional groups attached to an aromatic ring is 1. The molecule has 0 radical (unpaired) electrons. The number of piperidine rings is 2. The summed E-state index contributed by atoms with van der Waals surface area (Å²) in [6.45, 7) is 5.73. The number of thiophene rings is 1. The van der Waals surface area contributed by atoms with Gasteiger partial charge >= 0.3 is 12.2 Å². The van der Waals surface area contributed by atoms with Crippen LogP contribution in [0.3, 0.4) is 0 Å². The number of carbonyl (C=O) groups excluding carboxylic acids is 3. The number of urea groups is 1. The van der Waals surface area contributed by atoms with E-state index in [1.165, 1.54) is 17.4 Å². The first-order chi connectivity index (χ1) is 22.5. The van der Waals surface area contributed by atoms with Crippen molar-refractivity contribution in [2.45, 2.75) is 63.3 Å². The number of hydrogen-bond donors (Lipinski definition) is 3. The molecule has 1 atom stereocenters. The Morgan fingerprint density at radius 3 is 2.38 bits per heavy atom. The first-order valence-electron chi connectivity index (χ1n) is 16.3. The van der Waals surface area contributed by atoms with Crippen LogP contribution < -0.4 is 16.4 Å². The van der Waals surface area contributed by atoms with Crippen molar-refractivity contribution >= 4 is 51.5 Å². The maximum absolute atomic E-state index is 14.0. The highest BCUT2D eigenvalue weighted by molar-refractivity contribution is 7.14. The number of benzene rings is 1. The van der Waals surface area contributed by atoms with E-state index in [1.807, 2.05) is 16.3 Å². The molecule has 5 heterocycles. The normalized spacial score (nSPS) is 21.0. The van der Waals surface area contributed by atoms with Crippen molar-refractivity contribution in [2.75, 3.05) is 63.4 Å². The molecule has 3 fully saturated rings. The van der Waals surface area contributed by atoms with E-state index < -0.39 is 23.3 Å². The van der Waals surface area contributed by atoms with Crippen LogP contribution in [0.15, 0.2) is 23.6 Å². The van der Waals surface area contributed by atoms with Crippen molar-refractivity contribution in [3.05, 3.63) is 45.3 Å². The lowest BCUT2D eigenvalue weighted by molar-refractivity contribution is -0.143. The number of halogens is 4. The quantitative estimate of drug-likeness (QED) is 0.368. The number of nitrogens with one attached hydrogen (secondary N) is 2. The van der Waals surface area contributed by atoms with Gasteiger partial charge < -0.3 is 25.8 Å². The van der Waals surface area contributed by atoms with Crippen molar-refractivity contribution in [3.63, 3.8) is 0 Å². The van der Waals surface area contributed by atoms with E-state index in [9.17, 15) is 27.6 Å². The van der Waals surface area contributed by atoms with Gasteiger partial charge in [-0.3, -0.25) is 19.8 Å². The van der Waals surface area contributed by atoms with Gasteiger partial charge in [0.15, 0.2) is 0 Å². The van der Waals surface area contributed by atoms with Crippen LogP contribution in [0, 0.1) is 5.92 Å². The molecule has 6 rings (SSSR count). The number of amides is 4. The average Bonchev–Trinajstić information content (AvgIpc) is 3.52. The third kappa shape index (κ3) is 7.65. The zero-order chi connectivity index (χ0) is 33.3. The lowest BCUT2D eigenvalue weighted by Crippen LogP contribution is -2.55. The Balaban J connectivity index is 1.13. The molecule has 1 aromatic carbocycles. The predicted molar refractivity (Wildman–Crippen MR) is 175 cm³/mol. The van der Waals surface area contributed by atoms with E-state index in [4.69, 9.17) is 17.3 Å². The van der Waals surface area contributed by atoms with Crippen LogP contribution in [-0.2, 0) is 28.7 Å².